The maximum atomic E-state index is 12.8. The van der Waals surface area contributed by atoms with Gasteiger partial charge in [-0.2, -0.15) is 5.10 Å². The van der Waals surface area contributed by atoms with Crippen LogP contribution < -0.4 is 5.32 Å². The highest BCUT2D eigenvalue weighted by molar-refractivity contribution is 5.96. The first-order valence-electron chi connectivity index (χ1n) is 8.63. The minimum absolute atomic E-state index is 0.0937. The molecule has 7 nitrogen and oxygen atoms in total. The number of hydrogen-bond acceptors (Lipinski definition) is 4. The van der Waals surface area contributed by atoms with Gasteiger partial charge in [0.15, 0.2) is 5.60 Å². The molecule has 24 heavy (non-hydrogen) atoms. The SMILES string of the molecule is Cc1nn(C)cc1C(=O)N1CCOC(C)(C(=O)NC2CCCC2)C1. The third-order valence-corrected chi connectivity index (χ3v) is 4.98. The van der Waals surface area contributed by atoms with E-state index >= 15 is 0 Å². The van der Waals surface area contributed by atoms with Crippen molar-refractivity contribution in [2.24, 2.45) is 7.05 Å². The molecule has 2 amide bonds. The summed E-state index contributed by atoms with van der Waals surface area (Å²) in [4.78, 5) is 27.1. The lowest BCUT2D eigenvalue weighted by Gasteiger charge is -2.39. The Morgan fingerprint density at radius 1 is 1.38 bits per heavy atom. The second-order valence-electron chi connectivity index (χ2n) is 7.06. The maximum absolute atomic E-state index is 12.8. The number of aromatic nitrogens is 2. The summed E-state index contributed by atoms with van der Waals surface area (Å²) in [6.07, 6.45) is 6.10. The summed E-state index contributed by atoms with van der Waals surface area (Å²) in [5.41, 5.74) is 0.288. The van der Waals surface area contributed by atoms with E-state index < -0.39 is 5.60 Å². The van der Waals surface area contributed by atoms with Crippen molar-refractivity contribution in [1.82, 2.24) is 20.0 Å². The Bertz CT molecular complexity index is 636. The zero-order chi connectivity index (χ0) is 17.3. The van der Waals surface area contributed by atoms with E-state index in [9.17, 15) is 9.59 Å². The molecule has 3 rings (SSSR count). The highest BCUT2D eigenvalue weighted by Gasteiger charge is 2.42. The van der Waals surface area contributed by atoms with Gasteiger partial charge >= 0.3 is 0 Å². The summed E-state index contributed by atoms with van der Waals surface area (Å²) in [5, 5.41) is 7.31. The molecule has 2 aliphatic rings. The number of carbonyl (C=O) groups is 2. The van der Waals surface area contributed by atoms with Crippen molar-refractivity contribution >= 4 is 11.8 Å². The molecule has 132 valence electrons. The molecule has 2 heterocycles. The van der Waals surface area contributed by atoms with E-state index in [1.54, 1.807) is 29.7 Å². The third-order valence-electron chi connectivity index (χ3n) is 4.98. The van der Waals surface area contributed by atoms with Gasteiger partial charge in [-0.05, 0) is 26.7 Å². The number of morpholine rings is 1. The summed E-state index contributed by atoms with van der Waals surface area (Å²) in [7, 11) is 1.79. The molecule has 2 fully saturated rings. The topological polar surface area (TPSA) is 76.5 Å². The molecule has 1 saturated carbocycles. The fourth-order valence-electron chi connectivity index (χ4n) is 3.57. The number of rotatable bonds is 3. The summed E-state index contributed by atoms with van der Waals surface area (Å²) >= 11 is 0. The van der Waals surface area contributed by atoms with Gasteiger partial charge in [0.25, 0.3) is 11.8 Å². The van der Waals surface area contributed by atoms with E-state index in [0.717, 1.165) is 25.7 Å². The van der Waals surface area contributed by atoms with Crippen LogP contribution in [0.4, 0.5) is 0 Å². The average molecular weight is 334 g/mol. The van der Waals surface area contributed by atoms with Crippen molar-refractivity contribution in [3.05, 3.63) is 17.5 Å². The molecule has 1 atom stereocenters. The van der Waals surface area contributed by atoms with Crippen molar-refractivity contribution in [3.8, 4) is 0 Å². The predicted molar refractivity (Wildman–Crippen MR) is 88.6 cm³/mol. The van der Waals surface area contributed by atoms with Crippen LogP contribution in [-0.2, 0) is 16.6 Å². The van der Waals surface area contributed by atoms with Crippen molar-refractivity contribution in [3.63, 3.8) is 0 Å². The van der Waals surface area contributed by atoms with Gasteiger partial charge < -0.3 is 15.0 Å². The number of hydrogen-bond donors (Lipinski definition) is 1. The van der Waals surface area contributed by atoms with Gasteiger partial charge in [0.2, 0.25) is 0 Å². The van der Waals surface area contributed by atoms with E-state index in [1.165, 1.54) is 0 Å². The Balaban J connectivity index is 1.69. The summed E-state index contributed by atoms with van der Waals surface area (Å²) < 4.78 is 7.40. The summed E-state index contributed by atoms with van der Waals surface area (Å²) in [5.74, 6) is -0.210. The normalized spacial score (nSPS) is 25.0. The number of nitrogens with zero attached hydrogens (tertiary/aromatic N) is 3. The number of aryl methyl sites for hydroxylation is 2. The molecule has 1 N–H and O–H groups in total. The lowest BCUT2D eigenvalue weighted by molar-refractivity contribution is -0.154. The molecular formula is C17H26N4O3. The number of ether oxygens (including phenoxy) is 1. The van der Waals surface area contributed by atoms with E-state index in [2.05, 4.69) is 10.4 Å². The lowest BCUT2D eigenvalue weighted by Crippen LogP contribution is -2.60. The van der Waals surface area contributed by atoms with Gasteiger partial charge in [-0.3, -0.25) is 14.3 Å². The van der Waals surface area contributed by atoms with Crippen LogP contribution in [0.1, 0.15) is 48.7 Å². The van der Waals surface area contributed by atoms with E-state index in [0.29, 0.717) is 24.4 Å². The van der Waals surface area contributed by atoms with Crippen molar-refractivity contribution in [2.75, 3.05) is 19.7 Å². The van der Waals surface area contributed by atoms with Crippen LogP contribution in [0.25, 0.3) is 0 Å². The van der Waals surface area contributed by atoms with Crippen LogP contribution in [0.3, 0.4) is 0 Å². The third kappa shape index (κ3) is 3.31. The highest BCUT2D eigenvalue weighted by Crippen LogP contribution is 2.23. The predicted octanol–water partition coefficient (Wildman–Crippen LogP) is 1.02. The average Bonchev–Trinajstić information content (AvgIpc) is 3.16. The van der Waals surface area contributed by atoms with Gasteiger partial charge in [-0.15, -0.1) is 0 Å². The van der Waals surface area contributed by atoms with Crippen LogP contribution in [-0.4, -0.2) is 57.8 Å². The number of carbonyl (C=O) groups excluding carboxylic acids is 2. The Hall–Kier alpha value is -1.89. The van der Waals surface area contributed by atoms with Crippen LogP contribution in [0.5, 0.6) is 0 Å². The molecule has 1 aliphatic carbocycles. The molecule has 1 saturated heterocycles. The standard InChI is InChI=1S/C17H26N4O3/c1-12-14(10-20(3)19-12)15(22)21-8-9-24-17(2,11-21)16(23)18-13-6-4-5-7-13/h10,13H,4-9,11H2,1-3H3,(H,18,23). The van der Waals surface area contributed by atoms with Crippen molar-refractivity contribution in [1.29, 1.82) is 0 Å². The molecule has 1 aliphatic heterocycles. The monoisotopic (exact) mass is 334 g/mol. The van der Waals surface area contributed by atoms with Gasteiger partial charge in [0, 0.05) is 25.8 Å². The van der Waals surface area contributed by atoms with Crippen LogP contribution in [0.15, 0.2) is 6.20 Å². The number of nitrogens with one attached hydrogen (secondary N) is 1. The zero-order valence-corrected chi connectivity index (χ0v) is 14.7. The molecule has 0 spiro atoms. The molecule has 7 heteroatoms. The second-order valence-corrected chi connectivity index (χ2v) is 7.06. The van der Waals surface area contributed by atoms with E-state index in [-0.39, 0.29) is 24.4 Å². The number of amides is 2. The fourth-order valence-corrected chi connectivity index (χ4v) is 3.57. The second kappa shape index (κ2) is 6.55. The van der Waals surface area contributed by atoms with Gasteiger partial charge in [-0.25, -0.2) is 0 Å². The highest BCUT2D eigenvalue weighted by atomic mass is 16.5. The van der Waals surface area contributed by atoms with Gasteiger partial charge in [0.05, 0.1) is 24.4 Å². The fraction of sp³-hybridized carbons (Fsp3) is 0.706. The lowest BCUT2D eigenvalue weighted by atomic mass is 10.0. The molecule has 1 aromatic rings. The van der Waals surface area contributed by atoms with Crippen LogP contribution in [0.2, 0.25) is 0 Å². The zero-order valence-electron chi connectivity index (χ0n) is 14.7. The Morgan fingerprint density at radius 2 is 2.08 bits per heavy atom. The van der Waals surface area contributed by atoms with Crippen LogP contribution in [0, 0.1) is 6.92 Å². The first-order chi connectivity index (χ1) is 11.4. The summed E-state index contributed by atoms with van der Waals surface area (Å²) in [6, 6.07) is 0.240. The van der Waals surface area contributed by atoms with E-state index in [1.807, 2.05) is 6.92 Å². The van der Waals surface area contributed by atoms with Crippen molar-refractivity contribution in [2.45, 2.75) is 51.2 Å². The molecular weight excluding hydrogens is 308 g/mol. The quantitative estimate of drug-likeness (QED) is 0.895. The molecule has 1 aromatic heterocycles. The Morgan fingerprint density at radius 3 is 2.71 bits per heavy atom. The maximum Gasteiger partial charge on any atom is 0.257 e. The minimum Gasteiger partial charge on any atom is -0.362 e. The molecule has 0 aromatic carbocycles. The van der Waals surface area contributed by atoms with Crippen LogP contribution >= 0.6 is 0 Å². The smallest absolute Gasteiger partial charge is 0.257 e. The first kappa shape index (κ1) is 17.0. The largest absolute Gasteiger partial charge is 0.362 e. The van der Waals surface area contributed by atoms with Crippen molar-refractivity contribution < 1.29 is 14.3 Å². The summed E-state index contributed by atoms with van der Waals surface area (Å²) in [6.45, 7) is 4.70. The first-order valence-corrected chi connectivity index (χ1v) is 8.63. The molecule has 0 bridgehead atoms. The molecule has 0 radical (unpaired) electrons. The van der Waals surface area contributed by atoms with Gasteiger partial charge in [0.1, 0.15) is 0 Å². The van der Waals surface area contributed by atoms with E-state index in [4.69, 9.17) is 4.74 Å². The van der Waals surface area contributed by atoms with Gasteiger partial charge in [-0.1, -0.05) is 12.8 Å². The minimum atomic E-state index is -0.993. The Kier molecular flexibility index (Phi) is 4.62. The Labute approximate surface area is 142 Å². The molecule has 1 unspecified atom stereocenters.